The van der Waals surface area contributed by atoms with E-state index >= 15 is 0 Å². The molecular formula is C19H23NO3S. The van der Waals surface area contributed by atoms with Crippen LogP contribution in [0.25, 0.3) is 0 Å². The smallest absolute Gasteiger partial charge is 0.230 e. The summed E-state index contributed by atoms with van der Waals surface area (Å²) in [6, 6.07) is 17.3. The Balaban J connectivity index is 1.67. The number of nitrogens with one attached hydrogen (secondary N) is 1. The Morgan fingerprint density at radius 2 is 1.83 bits per heavy atom. The number of carbonyl (C=O) groups excluding carboxylic acids is 1. The molecule has 0 aliphatic carbocycles. The highest BCUT2D eigenvalue weighted by atomic mass is 32.2. The molecule has 0 saturated carbocycles. The van der Waals surface area contributed by atoms with Crippen molar-refractivity contribution in [3.8, 4) is 11.5 Å². The van der Waals surface area contributed by atoms with Crippen LogP contribution in [0, 0.1) is 0 Å². The molecule has 5 heteroatoms. The van der Waals surface area contributed by atoms with E-state index in [1.54, 1.807) is 18.9 Å². The summed E-state index contributed by atoms with van der Waals surface area (Å²) in [5.41, 5.74) is 0.978. The zero-order valence-electron chi connectivity index (χ0n) is 14.0. The Morgan fingerprint density at radius 1 is 1.12 bits per heavy atom. The Bertz CT molecular complexity index is 634. The average Bonchev–Trinajstić information content (AvgIpc) is 2.62. The maximum atomic E-state index is 12.0. The van der Waals surface area contributed by atoms with Crippen LogP contribution in [-0.4, -0.2) is 31.1 Å². The molecule has 0 saturated heterocycles. The highest BCUT2D eigenvalue weighted by Crippen LogP contribution is 2.24. The summed E-state index contributed by atoms with van der Waals surface area (Å²) in [5, 5.41) is 3.00. The fraction of sp³-hybridized carbons (Fsp3) is 0.316. The fourth-order valence-electron chi connectivity index (χ4n) is 2.29. The third kappa shape index (κ3) is 5.81. The Hall–Kier alpha value is -2.14. The Labute approximate surface area is 147 Å². The number of hydrogen-bond donors (Lipinski definition) is 1. The van der Waals surface area contributed by atoms with Gasteiger partial charge in [-0.05, 0) is 25.1 Å². The summed E-state index contributed by atoms with van der Waals surface area (Å²) < 4.78 is 10.9. The lowest BCUT2D eigenvalue weighted by Crippen LogP contribution is -2.28. The van der Waals surface area contributed by atoms with Crippen molar-refractivity contribution in [2.45, 2.75) is 13.0 Å². The summed E-state index contributed by atoms with van der Waals surface area (Å²) in [5.74, 6) is 2.84. The van der Waals surface area contributed by atoms with Crippen LogP contribution < -0.4 is 14.8 Å². The highest BCUT2D eigenvalue weighted by Gasteiger charge is 2.13. The van der Waals surface area contributed by atoms with E-state index in [2.05, 4.69) is 5.32 Å². The number of benzene rings is 2. The van der Waals surface area contributed by atoms with Gasteiger partial charge in [-0.2, -0.15) is 0 Å². The molecule has 2 aromatic carbocycles. The molecule has 0 radical (unpaired) electrons. The molecule has 1 unspecified atom stereocenters. The quantitative estimate of drug-likeness (QED) is 0.704. The normalized spacial score (nSPS) is 11.6. The van der Waals surface area contributed by atoms with E-state index in [1.807, 2.05) is 61.5 Å². The van der Waals surface area contributed by atoms with Crippen LogP contribution in [0.15, 0.2) is 54.6 Å². The molecular weight excluding hydrogens is 322 g/mol. The van der Waals surface area contributed by atoms with Gasteiger partial charge in [0.1, 0.15) is 11.5 Å². The molecule has 0 spiro atoms. The highest BCUT2D eigenvalue weighted by molar-refractivity contribution is 7.99. The van der Waals surface area contributed by atoms with Crippen molar-refractivity contribution in [1.29, 1.82) is 0 Å². The molecule has 2 rings (SSSR count). The fourth-order valence-corrected chi connectivity index (χ4v) is 2.90. The van der Waals surface area contributed by atoms with Gasteiger partial charge >= 0.3 is 0 Å². The van der Waals surface area contributed by atoms with Gasteiger partial charge in [0.25, 0.3) is 0 Å². The minimum atomic E-state index is -0.0881. The van der Waals surface area contributed by atoms with Gasteiger partial charge in [-0.25, -0.2) is 0 Å². The van der Waals surface area contributed by atoms with Gasteiger partial charge in [0.2, 0.25) is 5.91 Å². The van der Waals surface area contributed by atoms with E-state index in [9.17, 15) is 4.79 Å². The van der Waals surface area contributed by atoms with Crippen LogP contribution in [-0.2, 0) is 4.79 Å². The van der Waals surface area contributed by atoms with Gasteiger partial charge in [-0.15, -0.1) is 11.8 Å². The molecule has 2 aromatic rings. The van der Waals surface area contributed by atoms with Gasteiger partial charge in [0.05, 0.1) is 25.5 Å². The van der Waals surface area contributed by atoms with Crippen LogP contribution in [0.4, 0.5) is 0 Å². The zero-order valence-corrected chi connectivity index (χ0v) is 14.8. The number of para-hydroxylation sites is 2. The zero-order chi connectivity index (χ0) is 17.2. The van der Waals surface area contributed by atoms with Gasteiger partial charge in [-0.1, -0.05) is 36.4 Å². The lowest BCUT2D eigenvalue weighted by molar-refractivity contribution is -0.119. The molecule has 128 valence electrons. The Morgan fingerprint density at radius 3 is 2.58 bits per heavy atom. The molecule has 24 heavy (non-hydrogen) atoms. The number of thioether (sulfide) groups is 1. The first-order valence-corrected chi connectivity index (χ1v) is 9.04. The van der Waals surface area contributed by atoms with E-state index in [4.69, 9.17) is 9.47 Å². The van der Waals surface area contributed by atoms with Gasteiger partial charge < -0.3 is 14.8 Å². The number of ether oxygens (including phenoxy) is 2. The number of amides is 1. The largest absolute Gasteiger partial charge is 0.496 e. The summed E-state index contributed by atoms with van der Waals surface area (Å²) in [4.78, 5) is 12.0. The molecule has 0 bridgehead atoms. The number of hydrogen-bond acceptors (Lipinski definition) is 4. The van der Waals surface area contributed by atoms with Crippen molar-refractivity contribution in [3.63, 3.8) is 0 Å². The molecule has 0 aliphatic heterocycles. The first-order valence-electron chi connectivity index (χ1n) is 7.88. The van der Waals surface area contributed by atoms with Gasteiger partial charge in [0, 0.05) is 11.3 Å². The lowest BCUT2D eigenvalue weighted by Gasteiger charge is -2.17. The molecule has 1 amide bonds. The third-order valence-electron chi connectivity index (χ3n) is 3.46. The minimum absolute atomic E-state index is 0.0121. The summed E-state index contributed by atoms with van der Waals surface area (Å²) in [7, 11) is 1.63. The predicted octanol–water partition coefficient (Wildman–Crippen LogP) is 3.68. The SMILES string of the molecule is COc1ccccc1C(C)NC(=O)CSCCOc1ccccc1. The standard InChI is InChI=1S/C19H23NO3S/c1-15(17-10-6-7-11-18(17)22-2)20-19(21)14-24-13-12-23-16-8-4-3-5-9-16/h3-11,15H,12-14H2,1-2H3,(H,20,21). The van der Waals surface area contributed by atoms with Crippen LogP contribution in [0.1, 0.15) is 18.5 Å². The lowest BCUT2D eigenvalue weighted by atomic mass is 10.1. The number of carbonyl (C=O) groups is 1. The minimum Gasteiger partial charge on any atom is -0.496 e. The summed E-state index contributed by atoms with van der Waals surface area (Å²) in [6.45, 7) is 2.54. The van der Waals surface area contributed by atoms with Crippen molar-refractivity contribution >= 4 is 17.7 Å². The van der Waals surface area contributed by atoms with Crippen molar-refractivity contribution in [3.05, 3.63) is 60.2 Å². The summed E-state index contributed by atoms with van der Waals surface area (Å²) in [6.07, 6.45) is 0. The van der Waals surface area contributed by atoms with Gasteiger partial charge in [0.15, 0.2) is 0 Å². The van der Waals surface area contributed by atoms with Crippen LogP contribution in [0.5, 0.6) is 11.5 Å². The van der Waals surface area contributed by atoms with Gasteiger partial charge in [-0.3, -0.25) is 4.79 Å². The third-order valence-corrected chi connectivity index (χ3v) is 4.38. The van der Waals surface area contributed by atoms with Crippen molar-refractivity contribution in [2.75, 3.05) is 25.2 Å². The second kappa shape index (κ2) is 9.88. The summed E-state index contributed by atoms with van der Waals surface area (Å²) >= 11 is 1.56. The van der Waals surface area contributed by atoms with Crippen molar-refractivity contribution < 1.29 is 14.3 Å². The molecule has 0 heterocycles. The molecule has 4 nitrogen and oxygen atoms in total. The molecule has 1 N–H and O–H groups in total. The maximum Gasteiger partial charge on any atom is 0.230 e. The molecule has 1 atom stereocenters. The topological polar surface area (TPSA) is 47.6 Å². The molecule has 0 fully saturated rings. The first kappa shape index (κ1) is 18.2. The van der Waals surface area contributed by atoms with Crippen molar-refractivity contribution in [1.82, 2.24) is 5.32 Å². The maximum absolute atomic E-state index is 12.0. The van der Waals surface area contributed by atoms with Crippen LogP contribution in [0.3, 0.4) is 0 Å². The molecule has 0 aliphatic rings. The average molecular weight is 345 g/mol. The van der Waals surface area contributed by atoms with Crippen LogP contribution >= 0.6 is 11.8 Å². The number of rotatable bonds is 9. The van der Waals surface area contributed by atoms with E-state index in [-0.39, 0.29) is 11.9 Å². The monoisotopic (exact) mass is 345 g/mol. The predicted molar refractivity (Wildman–Crippen MR) is 98.8 cm³/mol. The Kier molecular flexibility index (Phi) is 7.49. The van der Waals surface area contributed by atoms with E-state index in [0.29, 0.717) is 12.4 Å². The molecule has 0 aromatic heterocycles. The number of methoxy groups -OCH3 is 1. The van der Waals surface area contributed by atoms with Crippen molar-refractivity contribution in [2.24, 2.45) is 0 Å². The first-order chi connectivity index (χ1) is 11.7. The van der Waals surface area contributed by atoms with E-state index in [1.165, 1.54) is 0 Å². The second-order valence-corrected chi connectivity index (χ2v) is 6.35. The second-order valence-electron chi connectivity index (χ2n) is 5.25. The van der Waals surface area contributed by atoms with E-state index < -0.39 is 0 Å². The van der Waals surface area contributed by atoms with E-state index in [0.717, 1.165) is 22.8 Å². The van der Waals surface area contributed by atoms with Crippen LogP contribution in [0.2, 0.25) is 0 Å².